The maximum atomic E-state index is 14.6. The monoisotopic (exact) mass is 427 g/mol. The second kappa shape index (κ2) is 7.58. The lowest BCUT2D eigenvalue weighted by Gasteiger charge is -2.40. The minimum absolute atomic E-state index is 0.0394. The number of carbonyl (C=O) groups is 1. The van der Waals surface area contributed by atoms with Crippen molar-refractivity contribution in [2.24, 2.45) is 5.73 Å². The van der Waals surface area contributed by atoms with Gasteiger partial charge in [-0.2, -0.15) is 18.4 Å². The third-order valence-electron chi connectivity index (χ3n) is 5.58. The highest BCUT2D eigenvalue weighted by Crippen LogP contribution is 2.49. The van der Waals surface area contributed by atoms with Crippen molar-refractivity contribution in [3.63, 3.8) is 0 Å². The molecule has 1 aliphatic carbocycles. The third-order valence-corrected chi connectivity index (χ3v) is 5.58. The van der Waals surface area contributed by atoms with Gasteiger partial charge in [-0.15, -0.1) is 0 Å². The molecule has 0 spiro atoms. The summed E-state index contributed by atoms with van der Waals surface area (Å²) in [5.41, 5.74) is 5.33. The van der Waals surface area contributed by atoms with E-state index in [1.165, 1.54) is 41.3 Å². The minimum Gasteiger partial charge on any atom is -0.384 e. The van der Waals surface area contributed by atoms with Crippen molar-refractivity contribution < 1.29 is 22.4 Å². The summed E-state index contributed by atoms with van der Waals surface area (Å²) in [5, 5.41) is 9.87. The predicted molar refractivity (Wildman–Crippen MR) is 106 cm³/mol. The Morgan fingerprint density at radius 3 is 2.42 bits per heavy atom. The van der Waals surface area contributed by atoms with E-state index in [1.54, 1.807) is 6.07 Å². The van der Waals surface area contributed by atoms with Gasteiger partial charge in [0.15, 0.2) is 5.78 Å². The fourth-order valence-corrected chi connectivity index (χ4v) is 4.31. The molecular formula is C23H17F4N3O. The zero-order valence-corrected chi connectivity index (χ0v) is 16.2. The van der Waals surface area contributed by atoms with Gasteiger partial charge in [-0.05, 0) is 36.6 Å². The number of para-hydroxylation sites is 1. The Hall–Kier alpha value is -3.60. The van der Waals surface area contributed by atoms with Crippen LogP contribution in [0.25, 0.3) is 0 Å². The van der Waals surface area contributed by atoms with Crippen molar-refractivity contribution in [2.75, 3.05) is 4.90 Å². The molecule has 0 amide bonds. The van der Waals surface area contributed by atoms with E-state index < -0.39 is 23.5 Å². The summed E-state index contributed by atoms with van der Waals surface area (Å²) >= 11 is 0. The second-order valence-electron chi connectivity index (χ2n) is 7.35. The van der Waals surface area contributed by atoms with Crippen LogP contribution < -0.4 is 10.6 Å². The van der Waals surface area contributed by atoms with Crippen LogP contribution in [0.15, 0.2) is 71.2 Å². The van der Waals surface area contributed by atoms with Gasteiger partial charge in [-0.3, -0.25) is 9.69 Å². The molecule has 1 aliphatic heterocycles. The summed E-state index contributed by atoms with van der Waals surface area (Å²) in [6, 6.07) is 12.5. The number of nitriles is 1. The van der Waals surface area contributed by atoms with E-state index in [2.05, 4.69) is 0 Å². The highest BCUT2D eigenvalue weighted by atomic mass is 19.4. The topological polar surface area (TPSA) is 70.1 Å². The second-order valence-corrected chi connectivity index (χ2v) is 7.35. The Morgan fingerprint density at radius 2 is 1.74 bits per heavy atom. The first-order valence-corrected chi connectivity index (χ1v) is 9.62. The first kappa shape index (κ1) is 20.7. The van der Waals surface area contributed by atoms with Crippen LogP contribution in [0.2, 0.25) is 0 Å². The molecule has 1 atom stereocenters. The maximum absolute atomic E-state index is 14.6. The van der Waals surface area contributed by atoms with E-state index in [0.717, 1.165) is 6.07 Å². The number of hydrogen-bond donors (Lipinski definition) is 1. The van der Waals surface area contributed by atoms with Crippen molar-refractivity contribution in [1.82, 2.24) is 0 Å². The molecule has 2 aliphatic rings. The lowest BCUT2D eigenvalue weighted by Crippen LogP contribution is -2.39. The van der Waals surface area contributed by atoms with Gasteiger partial charge in [0.2, 0.25) is 0 Å². The number of rotatable bonds is 2. The van der Waals surface area contributed by atoms with Crippen LogP contribution in [-0.4, -0.2) is 5.78 Å². The lowest BCUT2D eigenvalue weighted by molar-refractivity contribution is -0.138. The Balaban J connectivity index is 2.03. The summed E-state index contributed by atoms with van der Waals surface area (Å²) < 4.78 is 55.9. The first-order chi connectivity index (χ1) is 14.8. The van der Waals surface area contributed by atoms with E-state index in [-0.39, 0.29) is 40.4 Å². The van der Waals surface area contributed by atoms with E-state index in [9.17, 15) is 27.6 Å². The van der Waals surface area contributed by atoms with E-state index in [1.807, 2.05) is 6.07 Å². The third kappa shape index (κ3) is 3.36. The number of hydrogen-bond acceptors (Lipinski definition) is 4. The molecule has 0 saturated carbocycles. The highest BCUT2D eigenvalue weighted by Gasteiger charge is 2.44. The Morgan fingerprint density at radius 1 is 1.06 bits per heavy atom. The molecule has 2 N–H and O–H groups in total. The molecule has 1 unspecified atom stereocenters. The summed E-state index contributed by atoms with van der Waals surface area (Å²) in [5.74, 6) is -2.44. The molecule has 0 radical (unpaired) electrons. The number of Topliss-reactive ketones (excluding diaryl/α,β-unsaturated/α-hetero) is 1. The zero-order chi connectivity index (χ0) is 22.3. The maximum Gasteiger partial charge on any atom is 0.416 e. The number of anilines is 1. The van der Waals surface area contributed by atoms with Crippen molar-refractivity contribution in [3.05, 3.63) is 88.1 Å². The molecule has 0 bridgehead atoms. The van der Waals surface area contributed by atoms with Crippen LogP contribution in [0.3, 0.4) is 0 Å². The summed E-state index contributed by atoms with van der Waals surface area (Å²) in [4.78, 5) is 14.3. The van der Waals surface area contributed by atoms with Gasteiger partial charge in [-0.1, -0.05) is 30.3 Å². The molecule has 4 nitrogen and oxygen atoms in total. The number of alkyl halides is 3. The van der Waals surface area contributed by atoms with Gasteiger partial charge >= 0.3 is 6.18 Å². The summed E-state index contributed by atoms with van der Waals surface area (Å²) in [7, 11) is 0. The zero-order valence-electron chi connectivity index (χ0n) is 16.2. The average Bonchev–Trinajstić information content (AvgIpc) is 2.73. The fourth-order valence-electron chi connectivity index (χ4n) is 4.31. The van der Waals surface area contributed by atoms with E-state index in [0.29, 0.717) is 18.5 Å². The molecule has 0 aromatic heterocycles. The summed E-state index contributed by atoms with van der Waals surface area (Å²) in [6.07, 6.45) is -3.79. The van der Waals surface area contributed by atoms with E-state index >= 15 is 0 Å². The largest absolute Gasteiger partial charge is 0.416 e. The normalized spacial score (nSPS) is 19.4. The highest BCUT2D eigenvalue weighted by molar-refractivity contribution is 6.01. The first-order valence-electron chi connectivity index (χ1n) is 9.62. The van der Waals surface area contributed by atoms with Crippen molar-refractivity contribution in [2.45, 2.75) is 31.4 Å². The van der Waals surface area contributed by atoms with Crippen molar-refractivity contribution in [1.29, 1.82) is 5.26 Å². The number of ketones is 1. The van der Waals surface area contributed by atoms with Gasteiger partial charge in [0, 0.05) is 17.7 Å². The molecular weight excluding hydrogens is 410 g/mol. The molecule has 4 rings (SSSR count). The standard InChI is InChI=1S/C23H17F4N3O/c24-16-8-3-4-9-17(16)30-18-10-5-11-19(31)21(18)20(14(12-28)22(30)29)13-6-1-2-7-15(13)23(25,26)27/h1-4,6-9,20H,5,10-11,29H2. The fraction of sp³-hybridized carbons (Fsp3) is 0.217. The van der Waals surface area contributed by atoms with E-state index in [4.69, 9.17) is 5.73 Å². The molecule has 158 valence electrons. The quantitative estimate of drug-likeness (QED) is 0.673. The molecule has 31 heavy (non-hydrogen) atoms. The summed E-state index contributed by atoms with van der Waals surface area (Å²) in [6.45, 7) is 0. The predicted octanol–water partition coefficient (Wildman–Crippen LogP) is 5.15. The van der Waals surface area contributed by atoms with Crippen LogP contribution in [0.4, 0.5) is 23.2 Å². The Bertz CT molecular complexity index is 1170. The van der Waals surface area contributed by atoms with Crippen LogP contribution in [-0.2, 0) is 11.0 Å². The van der Waals surface area contributed by atoms with Crippen LogP contribution in [0.5, 0.6) is 0 Å². The SMILES string of the molecule is N#CC1=C(N)N(c2ccccc2F)C2=C(C(=O)CCC2)C1c1ccccc1C(F)(F)F. The van der Waals surface area contributed by atoms with Gasteiger partial charge in [-0.25, -0.2) is 4.39 Å². The van der Waals surface area contributed by atoms with Crippen molar-refractivity contribution >= 4 is 11.5 Å². The van der Waals surface area contributed by atoms with Crippen LogP contribution in [0, 0.1) is 17.1 Å². The molecule has 2 aromatic carbocycles. The number of carbonyl (C=O) groups excluding carboxylic acids is 1. The Kier molecular flexibility index (Phi) is 5.05. The number of benzene rings is 2. The van der Waals surface area contributed by atoms with Crippen LogP contribution >= 0.6 is 0 Å². The smallest absolute Gasteiger partial charge is 0.384 e. The number of halogens is 4. The molecule has 1 heterocycles. The molecule has 0 saturated heterocycles. The molecule has 2 aromatic rings. The van der Waals surface area contributed by atoms with Gasteiger partial charge in [0.05, 0.1) is 28.8 Å². The van der Waals surface area contributed by atoms with Crippen molar-refractivity contribution in [3.8, 4) is 6.07 Å². The number of allylic oxidation sites excluding steroid dienone is 3. The number of nitrogens with zero attached hydrogens (tertiary/aromatic N) is 2. The Labute approximate surface area is 175 Å². The number of nitrogens with two attached hydrogens (primary N) is 1. The van der Waals surface area contributed by atoms with Gasteiger partial charge in [0.25, 0.3) is 0 Å². The molecule has 0 fully saturated rings. The van der Waals surface area contributed by atoms with Gasteiger partial charge in [0.1, 0.15) is 11.6 Å². The average molecular weight is 427 g/mol. The van der Waals surface area contributed by atoms with Crippen LogP contribution in [0.1, 0.15) is 36.3 Å². The van der Waals surface area contributed by atoms with Gasteiger partial charge < -0.3 is 5.73 Å². The molecule has 8 heteroatoms. The minimum atomic E-state index is -4.69. The lowest BCUT2D eigenvalue weighted by atomic mass is 9.74.